The molecule has 1 unspecified atom stereocenters. The van der Waals surface area contributed by atoms with Gasteiger partial charge in [-0.1, -0.05) is 24.3 Å². The number of fused-ring (bicyclic) bond motifs is 1. The van der Waals surface area contributed by atoms with Gasteiger partial charge < -0.3 is 10.6 Å². The van der Waals surface area contributed by atoms with Crippen LogP contribution in [0.3, 0.4) is 0 Å². The highest BCUT2D eigenvalue weighted by molar-refractivity contribution is 5.85. The van der Waals surface area contributed by atoms with Gasteiger partial charge in [-0.3, -0.25) is 4.79 Å². The minimum atomic E-state index is 0. The fourth-order valence-corrected chi connectivity index (χ4v) is 3.11. The van der Waals surface area contributed by atoms with Gasteiger partial charge in [0.25, 0.3) is 0 Å². The van der Waals surface area contributed by atoms with E-state index in [1.165, 1.54) is 17.5 Å². The standard InChI is InChI=1S/C15H20N2O.ClH/c16-10-15(18)17(12-8-9-12)14-7-3-5-11-4-1-2-6-13(11)14;/h1-2,4,6,12,14H,3,5,7-10,16H2;1H. The first-order valence-corrected chi connectivity index (χ1v) is 6.90. The molecule has 3 nitrogen and oxygen atoms in total. The number of benzene rings is 1. The van der Waals surface area contributed by atoms with E-state index in [0.29, 0.717) is 6.04 Å². The van der Waals surface area contributed by atoms with Crippen LogP contribution < -0.4 is 5.73 Å². The molecule has 1 aromatic carbocycles. The second-order valence-electron chi connectivity index (χ2n) is 5.34. The van der Waals surface area contributed by atoms with Crippen molar-refractivity contribution in [1.82, 2.24) is 4.90 Å². The third kappa shape index (κ3) is 2.77. The van der Waals surface area contributed by atoms with E-state index in [4.69, 9.17) is 5.73 Å². The van der Waals surface area contributed by atoms with Crippen molar-refractivity contribution in [1.29, 1.82) is 0 Å². The molecule has 0 heterocycles. The highest BCUT2D eigenvalue weighted by Gasteiger charge is 2.38. The highest BCUT2D eigenvalue weighted by atomic mass is 35.5. The summed E-state index contributed by atoms with van der Waals surface area (Å²) in [6.07, 6.45) is 5.68. The Morgan fingerprint density at radius 1 is 1.26 bits per heavy atom. The van der Waals surface area contributed by atoms with Crippen LogP contribution in [0.1, 0.15) is 42.9 Å². The number of hydrogen-bond donors (Lipinski definition) is 1. The van der Waals surface area contributed by atoms with E-state index in [-0.39, 0.29) is 30.9 Å². The van der Waals surface area contributed by atoms with Crippen LogP contribution >= 0.6 is 12.4 Å². The molecule has 0 saturated heterocycles. The van der Waals surface area contributed by atoms with Crippen LogP contribution in [0.4, 0.5) is 0 Å². The normalized spacial score (nSPS) is 21.2. The van der Waals surface area contributed by atoms with Crippen LogP contribution in [0.5, 0.6) is 0 Å². The van der Waals surface area contributed by atoms with Crippen molar-refractivity contribution in [2.24, 2.45) is 5.73 Å². The van der Waals surface area contributed by atoms with Crippen molar-refractivity contribution in [3.05, 3.63) is 35.4 Å². The van der Waals surface area contributed by atoms with E-state index >= 15 is 0 Å². The molecule has 1 aromatic rings. The molecule has 0 aromatic heterocycles. The van der Waals surface area contributed by atoms with E-state index in [2.05, 4.69) is 29.2 Å². The van der Waals surface area contributed by atoms with Crippen LogP contribution in [-0.4, -0.2) is 23.4 Å². The highest BCUT2D eigenvalue weighted by Crippen LogP contribution is 2.40. The molecule has 19 heavy (non-hydrogen) atoms. The number of halogens is 1. The molecule has 2 N–H and O–H groups in total. The van der Waals surface area contributed by atoms with Crippen LogP contribution in [-0.2, 0) is 11.2 Å². The summed E-state index contributed by atoms with van der Waals surface area (Å²) < 4.78 is 0. The first kappa shape index (κ1) is 14.4. The summed E-state index contributed by atoms with van der Waals surface area (Å²) in [5.41, 5.74) is 8.33. The lowest BCUT2D eigenvalue weighted by Gasteiger charge is -2.36. The molecular formula is C15H21ClN2O. The molecule has 1 amide bonds. The largest absolute Gasteiger partial charge is 0.332 e. The second-order valence-corrected chi connectivity index (χ2v) is 5.34. The first-order valence-electron chi connectivity index (χ1n) is 6.90. The molecule has 1 fully saturated rings. The van der Waals surface area contributed by atoms with E-state index in [0.717, 1.165) is 25.7 Å². The Hall–Kier alpha value is -1.06. The topological polar surface area (TPSA) is 46.3 Å². The Kier molecular flexibility index (Phi) is 4.48. The van der Waals surface area contributed by atoms with Gasteiger partial charge in [-0.15, -0.1) is 12.4 Å². The van der Waals surface area contributed by atoms with E-state index in [9.17, 15) is 4.79 Å². The summed E-state index contributed by atoms with van der Waals surface area (Å²) in [5.74, 6) is 0.110. The van der Waals surface area contributed by atoms with E-state index in [1.807, 2.05) is 0 Å². The van der Waals surface area contributed by atoms with Gasteiger partial charge in [-0.2, -0.15) is 0 Å². The van der Waals surface area contributed by atoms with Gasteiger partial charge in [0.1, 0.15) is 0 Å². The molecule has 4 heteroatoms. The summed E-state index contributed by atoms with van der Waals surface area (Å²) >= 11 is 0. The number of amides is 1. The molecule has 0 spiro atoms. The summed E-state index contributed by atoms with van der Waals surface area (Å²) in [6, 6.07) is 9.25. The first-order chi connectivity index (χ1) is 8.81. The fourth-order valence-electron chi connectivity index (χ4n) is 3.11. The van der Waals surface area contributed by atoms with Crippen LogP contribution in [0, 0.1) is 0 Å². The van der Waals surface area contributed by atoms with E-state index in [1.54, 1.807) is 0 Å². The van der Waals surface area contributed by atoms with E-state index < -0.39 is 0 Å². The molecule has 0 aliphatic heterocycles. The van der Waals surface area contributed by atoms with Gasteiger partial charge in [0.15, 0.2) is 0 Å². The van der Waals surface area contributed by atoms with Gasteiger partial charge in [0.05, 0.1) is 12.6 Å². The van der Waals surface area contributed by atoms with Gasteiger partial charge in [0.2, 0.25) is 5.91 Å². The zero-order valence-corrected chi connectivity index (χ0v) is 11.9. The zero-order chi connectivity index (χ0) is 12.5. The average molecular weight is 281 g/mol. The summed E-state index contributed by atoms with van der Waals surface area (Å²) in [7, 11) is 0. The number of nitrogens with two attached hydrogens (primary N) is 1. The van der Waals surface area contributed by atoms with Crippen molar-refractivity contribution in [3.63, 3.8) is 0 Å². The minimum absolute atomic E-state index is 0. The molecule has 1 atom stereocenters. The zero-order valence-electron chi connectivity index (χ0n) is 11.0. The lowest BCUT2D eigenvalue weighted by molar-refractivity contribution is -0.133. The third-order valence-electron chi connectivity index (χ3n) is 4.08. The number of rotatable bonds is 3. The smallest absolute Gasteiger partial charge is 0.237 e. The molecule has 3 rings (SSSR count). The number of hydrogen-bond acceptors (Lipinski definition) is 2. The number of aryl methyl sites for hydroxylation is 1. The Bertz CT molecular complexity index is 459. The number of nitrogens with zero attached hydrogens (tertiary/aromatic N) is 1. The van der Waals surface area contributed by atoms with Gasteiger partial charge in [0, 0.05) is 6.04 Å². The molecule has 0 radical (unpaired) electrons. The van der Waals surface area contributed by atoms with Gasteiger partial charge in [-0.25, -0.2) is 0 Å². The molecule has 2 aliphatic rings. The predicted molar refractivity (Wildman–Crippen MR) is 78.3 cm³/mol. The minimum Gasteiger partial charge on any atom is -0.332 e. The summed E-state index contributed by atoms with van der Waals surface area (Å²) in [6.45, 7) is 0.134. The van der Waals surface area contributed by atoms with Crippen molar-refractivity contribution < 1.29 is 4.79 Å². The van der Waals surface area contributed by atoms with Crippen molar-refractivity contribution in [3.8, 4) is 0 Å². The van der Waals surface area contributed by atoms with Gasteiger partial charge in [-0.05, 0) is 43.2 Å². The van der Waals surface area contributed by atoms with Crippen molar-refractivity contribution in [2.75, 3.05) is 6.54 Å². The predicted octanol–water partition coefficient (Wildman–Crippen LogP) is 2.44. The van der Waals surface area contributed by atoms with Crippen molar-refractivity contribution in [2.45, 2.75) is 44.2 Å². The lowest BCUT2D eigenvalue weighted by Crippen LogP contribution is -2.41. The molecule has 1 saturated carbocycles. The lowest BCUT2D eigenvalue weighted by atomic mass is 9.86. The van der Waals surface area contributed by atoms with Crippen molar-refractivity contribution >= 4 is 18.3 Å². The maximum absolute atomic E-state index is 12.1. The number of carbonyl (C=O) groups excluding carboxylic acids is 1. The molecule has 0 bridgehead atoms. The quantitative estimate of drug-likeness (QED) is 0.924. The summed E-state index contributed by atoms with van der Waals surface area (Å²) in [4.78, 5) is 14.2. The van der Waals surface area contributed by atoms with Gasteiger partial charge >= 0.3 is 0 Å². The van der Waals surface area contributed by atoms with Crippen LogP contribution in [0.25, 0.3) is 0 Å². The maximum atomic E-state index is 12.1. The Labute approximate surface area is 120 Å². The Balaban J connectivity index is 0.00000133. The maximum Gasteiger partial charge on any atom is 0.237 e. The SMILES string of the molecule is Cl.NCC(=O)N(C1CC1)C1CCCc2ccccc21. The number of carbonyl (C=O) groups is 1. The average Bonchev–Trinajstić information content (AvgIpc) is 3.24. The van der Waals surface area contributed by atoms with Crippen LogP contribution in [0.2, 0.25) is 0 Å². The monoisotopic (exact) mass is 280 g/mol. The molecular weight excluding hydrogens is 260 g/mol. The summed E-state index contributed by atoms with van der Waals surface area (Å²) in [5, 5.41) is 0. The van der Waals surface area contributed by atoms with Crippen LogP contribution in [0.15, 0.2) is 24.3 Å². The fraction of sp³-hybridized carbons (Fsp3) is 0.533. The molecule has 2 aliphatic carbocycles. The molecule has 104 valence electrons. The Morgan fingerprint density at radius 2 is 2.00 bits per heavy atom. The Morgan fingerprint density at radius 3 is 2.68 bits per heavy atom. The third-order valence-corrected chi connectivity index (χ3v) is 4.08. The second kappa shape index (κ2) is 5.93.